The van der Waals surface area contributed by atoms with Gasteiger partial charge >= 0.3 is 19.5 Å². The normalized spacial score (nSPS) is 15.7. The second-order valence-corrected chi connectivity index (χ2v) is 8.70. The summed E-state index contributed by atoms with van der Waals surface area (Å²) in [5.41, 5.74) is 0. The minimum absolute atomic E-state index is 0.0717. The average Bonchev–Trinajstić information content (AvgIpc) is 2.52. The van der Waals surface area contributed by atoms with Crippen LogP contribution in [0.2, 0.25) is 0 Å². The van der Waals surface area contributed by atoms with E-state index in [1.807, 2.05) is 0 Å². The van der Waals surface area contributed by atoms with Crippen molar-refractivity contribution >= 4 is 25.9 Å². The van der Waals surface area contributed by atoms with Crippen LogP contribution in [-0.2, 0) is 37.5 Å². The molecule has 0 heterocycles. The van der Waals surface area contributed by atoms with Crippen molar-refractivity contribution in [2.45, 2.75) is 60.5 Å². The first-order valence-electron chi connectivity index (χ1n) is 8.61. The molecule has 0 aromatic carbocycles. The Morgan fingerprint density at radius 2 is 1.41 bits per heavy atom. The Balaban J connectivity index is 5.43. The Hall–Kier alpha value is -1.48. The number of rotatable bonds is 13. The molecule has 0 aliphatic heterocycles. The molecule has 0 radical (unpaired) electrons. The molecule has 158 valence electrons. The second kappa shape index (κ2) is 12.1. The van der Waals surface area contributed by atoms with Gasteiger partial charge in [0.15, 0.2) is 0 Å². The third-order valence-corrected chi connectivity index (χ3v) is 5.04. The number of carbonyl (C=O) groups excluding carboxylic acids is 3. The van der Waals surface area contributed by atoms with Crippen LogP contribution in [0.25, 0.3) is 0 Å². The van der Waals surface area contributed by atoms with Gasteiger partial charge < -0.3 is 9.47 Å². The van der Waals surface area contributed by atoms with E-state index in [0.717, 1.165) is 0 Å². The molecule has 11 heteroatoms. The van der Waals surface area contributed by atoms with Crippen molar-refractivity contribution in [1.82, 2.24) is 5.06 Å². The fourth-order valence-electron chi connectivity index (χ4n) is 1.81. The van der Waals surface area contributed by atoms with E-state index in [-0.39, 0.29) is 37.4 Å². The van der Waals surface area contributed by atoms with Crippen LogP contribution < -0.4 is 0 Å². The van der Waals surface area contributed by atoms with Crippen molar-refractivity contribution in [2.24, 2.45) is 11.8 Å². The average molecular weight is 411 g/mol. The highest BCUT2D eigenvalue weighted by Gasteiger charge is 2.36. The van der Waals surface area contributed by atoms with E-state index in [4.69, 9.17) is 18.5 Å². The molecule has 0 saturated carbocycles. The summed E-state index contributed by atoms with van der Waals surface area (Å²) in [5, 5.41) is 9.58. The molecule has 0 saturated heterocycles. The zero-order chi connectivity index (χ0) is 21.2. The molecule has 0 aromatic rings. The molecule has 0 aliphatic rings. The number of hydrogen-bond donors (Lipinski definition) is 1. The summed E-state index contributed by atoms with van der Waals surface area (Å²) >= 11 is 0. The van der Waals surface area contributed by atoms with Crippen LogP contribution in [0.5, 0.6) is 0 Å². The van der Waals surface area contributed by atoms with E-state index in [1.165, 1.54) is 13.8 Å². The van der Waals surface area contributed by atoms with Crippen LogP contribution in [0, 0.1) is 11.8 Å². The van der Waals surface area contributed by atoms with E-state index < -0.39 is 32.1 Å². The summed E-state index contributed by atoms with van der Waals surface area (Å²) in [6.07, 6.45) is -2.21. The van der Waals surface area contributed by atoms with Crippen LogP contribution in [0.3, 0.4) is 0 Å². The van der Waals surface area contributed by atoms with E-state index in [0.29, 0.717) is 5.06 Å². The largest absolute Gasteiger partial charge is 0.435 e. The van der Waals surface area contributed by atoms with Crippen molar-refractivity contribution in [1.29, 1.82) is 0 Å². The molecular formula is C16H30NO9P. The monoisotopic (exact) mass is 411 g/mol. The zero-order valence-electron chi connectivity index (χ0n) is 16.6. The summed E-state index contributed by atoms with van der Waals surface area (Å²) in [6, 6.07) is 0. The SMILES string of the molecule is CC(=O)OC(OP(=O)(CCCN(O)C=O)OC(OC(C)=O)C(C)C)C(C)C. The summed E-state index contributed by atoms with van der Waals surface area (Å²) in [6.45, 7) is 9.07. The minimum Gasteiger partial charge on any atom is -0.435 e. The fourth-order valence-corrected chi connectivity index (χ4v) is 3.81. The lowest BCUT2D eigenvalue weighted by Gasteiger charge is -2.30. The van der Waals surface area contributed by atoms with Gasteiger partial charge in [0, 0.05) is 32.2 Å². The summed E-state index contributed by atoms with van der Waals surface area (Å²) in [4.78, 5) is 33.0. The molecule has 0 aromatic heterocycles. The molecule has 0 rings (SSSR count). The number of nitrogens with zero attached hydrogens (tertiary/aromatic N) is 1. The van der Waals surface area contributed by atoms with Gasteiger partial charge in [-0.3, -0.25) is 33.2 Å². The third kappa shape index (κ3) is 11.1. The van der Waals surface area contributed by atoms with Crippen LogP contribution in [0.4, 0.5) is 0 Å². The molecule has 10 nitrogen and oxygen atoms in total. The number of ether oxygens (including phenoxy) is 2. The Labute approximate surface area is 159 Å². The maximum Gasteiger partial charge on any atom is 0.336 e. The second-order valence-electron chi connectivity index (χ2n) is 6.61. The Bertz CT molecular complexity index is 504. The first-order chi connectivity index (χ1) is 12.4. The molecule has 2 atom stereocenters. The molecule has 0 fully saturated rings. The van der Waals surface area contributed by atoms with Crippen molar-refractivity contribution in [3.05, 3.63) is 0 Å². The zero-order valence-corrected chi connectivity index (χ0v) is 17.5. The standard InChI is InChI=1S/C16H30NO9P/c1-11(2)15(23-13(5)19)25-27(22,9-7-8-17(21)10-18)26-16(12(3)4)24-14(6)20/h10-12,15-16,21H,7-9H2,1-6H3. The topological polar surface area (TPSA) is 129 Å². The minimum atomic E-state index is -3.93. The third-order valence-electron chi connectivity index (χ3n) is 3.12. The van der Waals surface area contributed by atoms with E-state index in [9.17, 15) is 24.2 Å². The molecule has 0 aliphatic carbocycles. The Morgan fingerprint density at radius 1 is 1.00 bits per heavy atom. The van der Waals surface area contributed by atoms with Crippen molar-refractivity contribution in [3.8, 4) is 0 Å². The van der Waals surface area contributed by atoms with Gasteiger partial charge in [0.1, 0.15) is 0 Å². The highest BCUT2D eigenvalue weighted by atomic mass is 31.2. The Morgan fingerprint density at radius 3 is 1.70 bits per heavy atom. The van der Waals surface area contributed by atoms with Crippen LogP contribution in [-0.4, -0.2) is 53.9 Å². The van der Waals surface area contributed by atoms with Crippen LogP contribution in [0.15, 0.2) is 0 Å². The first kappa shape index (κ1) is 25.5. The van der Waals surface area contributed by atoms with Gasteiger partial charge in [-0.1, -0.05) is 27.7 Å². The Kier molecular flexibility index (Phi) is 11.4. The van der Waals surface area contributed by atoms with Crippen molar-refractivity contribution in [2.75, 3.05) is 12.7 Å². The van der Waals surface area contributed by atoms with Crippen LogP contribution in [0.1, 0.15) is 48.0 Å². The molecular weight excluding hydrogens is 381 g/mol. The number of esters is 2. The van der Waals surface area contributed by atoms with Gasteiger partial charge in [-0.25, -0.2) is 5.06 Å². The molecule has 0 bridgehead atoms. The maximum atomic E-state index is 13.3. The van der Waals surface area contributed by atoms with Gasteiger partial charge in [0.25, 0.3) is 0 Å². The predicted octanol–water partition coefficient (Wildman–Crippen LogP) is 2.54. The lowest BCUT2D eigenvalue weighted by Crippen LogP contribution is -2.30. The first-order valence-corrected chi connectivity index (χ1v) is 10.3. The molecule has 0 spiro atoms. The number of hydrogen-bond acceptors (Lipinski definition) is 9. The lowest BCUT2D eigenvalue weighted by atomic mass is 10.2. The van der Waals surface area contributed by atoms with Gasteiger partial charge in [0.2, 0.25) is 19.0 Å². The highest BCUT2D eigenvalue weighted by Crippen LogP contribution is 2.52. The molecule has 1 N–H and O–H groups in total. The number of carbonyl (C=O) groups is 3. The molecule has 1 amide bonds. The van der Waals surface area contributed by atoms with Gasteiger partial charge in [-0.05, 0) is 6.42 Å². The van der Waals surface area contributed by atoms with Gasteiger partial charge in [-0.2, -0.15) is 0 Å². The summed E-state index contributed by atoms with van der Waals surface area (Å²) < 4.78 is 34.3. The summed E-state index contributed by atoms with van der Waals surface area (Å²) in [5.74, 6) is -1.91. The lowest BCUT2D eigenvalue weighted by molar-refractivity contribution is -0.176. The number of hydroxylamine groups is 2. The molecule has 27 heavy (non-hydrogen) atoms. The van der Waals surface area contributed by atoms with Gasteiger partial charge in [-0.15, -0.1) is 0 Å². The quantitative estimate of drug-likeness (QED) is 0.121. The van der Waals surface area contributed by atoms with E-state index >= 15 is 0 Å². The molecule has 2 unspecified atom stereocenters. The van der Waals surface area contributed by atoms with Crippen molar-refractivity contribution < 1.29 is 42.7 Å². The van der Waals surface area contributed by atoms with E-state index in [1.54, 1.807) is 27.7 Å². The smallest absolute Gasteiger partial charge is 0.336 e. The fraction of sp³-hybridized carbons (Fsp3) is 0.812. The van der Waals surface area contributed by atoms with Crippen molar-refractivity contribution in [3.63, 3.8) is 0 Å². The maximum absolute atomic E-state index is 13.3. The van der Waals surface area contributed by atoms with Gasteiger partial charge in [0.05, 0.1) is 6.16 Å². The number of amides is 1. The summed E-state index contributed by atoms with van der Waals surface area (Å²) in [7, 11) is -3.93. The highest BCUT2D eigenvalue weighted by molar-refractivity contribution is 7.53. The van der Waals surface area contributed by atoms with Crippen LogP contribution >= 0.6 is 7.60 Å². The van der Waals surface area contributed by atoms with E-state index in [2.05, 4.69) is 0 Å². The predicted molar refractivity (Wildman–Crippen MR) is 94.6 cm³/mol.